The maximum atomic E-state index is 12.6. The lowest BCUT2D eigenvalue weighted by Gasteiger charge is -2.17. The van der Waals surface area contributed by atoms with Gasteiger partial charge in [0.2, 0.25) is 5.75 Å². The van der Waals surface area contributed by atoms with E-state index >= 15 is 0 Å². The summed E-state index contributed by atoms with van der Waals surface area (Å²) < 4.78 is 22.3. The van der Waals surface area contributed by atoms with Crippen LogP contribution in [0.25, 0.3) is 10.8 Å². The van der Waals surface area contributed by atoms with Crippen LogP contribution in [0, 0.1) is 0 Å². The molecule has 0 unspecified atom stereocenters. The largest absolute Gasteiger partial charge is 0.493 e. The number of carbonyl (C=O) groups is 1. The zero-order valence-electron chi connectivity index (χ0n) is 17.3. The predicted octanol–water partition coefficient (Wildman–Crippen LogP) is 4.15. The Morgan fingerprint density at radius 1 is 0.862 bits per heavy atom. The van der Waals surface area contributed by atoms with Crippen LogP contribution in [0.5, 0.6) is 23.0 Å². The van der Waals surface area contributed by atoms with E-state index in [-0.39, 0.29) is 12.5 Å². The molecular formula is C23H25NO5. The van der Waals surface area contributed by atoms with Crippen LogP contribution in [0.2, 0.25) is 0 Å². The monoisotopic (exact) mass is 395 g/mol. The number of nitrogens with zero attached hydrogens (tertiary/aromatic N) is 1. The molecule has 0 radical (unpaired) electrons. The fourth-order valence-corrected chi connectivity index (χ4v) is 3.23. The van der Waals surface area contributed by atoms with Crippen LogP contribution in [0.1, 0.15) is 15.9 Å². The molecular weight excluding hydrogens is 370 g/mol. The lowest BCUT2D eigenvalue weighted by atomic mass is 10.0. The number of rotatable bonds is 7. The summed E-state index contributed by atoms with van der Waals surface area (Å²) in [5.74, 6) is 2.22. The van der Waals surface area contributed by atoms with E-state index in [2.05, 4.69) is 0 Å². The fraction of sp³-hybridized carbons (Fsp3) is 0.261. The Balaban J connectivity index is 1.99. The normalized spacial score (nSPS) is 10.5. The summed E-state index contributed by atoms with van der Waals surface area (Å²) >= 11 is 0. The summed E-state index contributed by atoms with van der Waals surface area (Å²) in [6.07, 6.45) is 0. The maximum absolute atomic E-state index is 12.6. The topological polar surface area (TPSA) is 57.2 Å². The van der Waals surface area contributed by atoms with E-state index in [1.165, 1.54) is 0 Å². The van der Waals surface area contributed by atoms with Crippen LogP contribution in [-0.4, -0.2) is 46.2 Å². The zero-order valence-corrected chi connectivity index (χ0v) is 17.3. The van der Waals surface area contributed by atoms with Crippen LogP contribution in [0.3, 0.4) is 0 Å². The van der Waals surface area contributed by atoms with Gasteiger partial charge in [-0.15, -0.1) is 0 Å². The molecule has 0 aliphatic carbocycles. The van der Waals surface area contributed by atoms with Crippen LogP contribution < -0.4 is 18.9 Å². The molecule has 6 nitrogen and oxygen atoms in total. The molecule has 0 heterocycles. The van der Waals surface area contributed by atoms with Gasteiger partial charge in [0.15, 0.2) is 11.5 Å². The Bertz CT molecular complexity index is 999. The van der Waals surface area contributed by atoms with Crippen molar-refractivity contribution in [3.63, 3.8) is 0 Å². The smallest absolute Gasteiger partial charge is 0.254 e. The molecule has 0 spiro atoms. The summed E-state index contributed by atoms with van der Waals surface area (Å²) in [4.78, 5) is 14.2. The molecule has 29 heavy (non-hydrogen) atoms. The molecule has 0 saturated carbocycles. The number of methoxy groups -OCH3 is 3. The molecule has 0 aromatic heterocycles. The van der Waals surface area contributed by atoms with Gasteiger partial charge in [-0.1, -0.05) is 24.3 Å². The van der Waals surface area contributed by atoms with E-state index in [0.717, 1.165) is 16.3 Å². The molecule has 0 N–H and O–H groups in total. The van der Waals surface area contributed by atoms with E-state index < -0.39 is 0 Å². The molecule has 0 aliphatic rings. The molecule has 0 saturated heterocycles. The highest BCUT2D eigenvalue weighted by Gasteiger charge is 2.17. The Morgan fingerprint density at radius 2 is 1.48 bits per heavy atom. The molecule has 6 heteroatoms. The number of amides is 1. The van der Waals surface area contributed by atoms with E-state index in [1.54, 1.807) is 40.3 Å². The summed E-state index contributed by atoms with van der Waals surface area (Å²) in [5, 5.41) is 1.74. The predicted molar refractivity (Wildman–Crippen MR) is 112 cm³/mol. The highest BCUT2D eigenvalue weighted by atomic mass is 16.5. The van der Waals surface area contributed by atoms with Gasteiger partial charge in [0, 0.05) is 19.5 Å². The molecule has 152 valence electrons. The third-order valence-electron chi connectivity index (χ3n) is 4.62. The molecule has 1 amide bonds. The fourth-order valence-electron chi connectivity index (χ4n) is 3.23. The van der Waals surface area contributed by atoms with E-state index in [1.807, 2.05) is 48.5 Å². The first-order valence-electron chi connectivity index (χ1n) is 9.15. The number of fused-ring (bicyclic) bond motifs is 1. The Labute approximate surface area is 170 Å². The first kappa shape index (κ1) is 20.3. The van der Waals surface area contributed by atoms with Crippen molar-refractivity contribution in [2.45, 2.75) is 6.61 Å². The number of benzene rings is 3. The summed E-state index contributed by atoms with van der Waals surface area (Å²) in [7, 11) is 8.19. The first-order valence-corrected chi connectivity index (χ1v) is 9.15. The van der Waals surface area contributed by atoms with Crippen LogP contribution in [-0.2, 0) is 6.61 Å². The highest BCUT2D eigenvalue weighted by Crippen LogP contribution is 2.39. The Morgan fingerprint density at radius 3 is 2.03 bits per heavy atom. The minimum Gasteiger partial charge on any atom is -0.493 e. The molecule has 0 bridgehead atoms. The second-order valence-electron chi connectivity index (χ2n) is 6.68. The van der Waals surface area contributed by atoms with Crippen molar-refractivity contribution in [2.75, 3.05) is 35.4 Å². The lowest BCUT2D eigenvalue weighted by Crippen LogP contribution is -2.22. The van der Waals surface area contributed by atoms with Crippen LogP contribution in [0.4, 0.5) is 0 Å². The number of ether oxygens (including phenoxy) is 4. The average molecular weight is 395 g/mol. The average Bonchev–Trinajstić information content (AvgIpc) is 2.75. The van der Waals surface area contributed by atoms with Crippen molar-refractivity contribution in [3.8, 4) is 23.0 Å². The molecule has 3 rings (SSSR count). The second-order valence-corrected chi connectivity index (χ2v) is 6.68. The molecule has 3 aromatic rings. The van der Waals surface area contributed by atoms with E-state index in [9.17, 15) is 4.79 Å². The number of hydrogen-bond donors (Lipinski definition) is 0. The van der Waals surface area contributed by atoms with Crippen LogP contribution >= 0.6 is 0 Å². The quantitative estimate of drug-likeness (QED) is 0.602. The van der Waals surface area contributed by atoms with Gasteiger partial charge in [0.1, 0.15) is 12.4 Å². The van der Waals surface area contributed by atoms with E-state index in [4.69, 9.17) is 18.9 Å². The van der Waals surface area contributed by atoms with Gasteiger partial charge in [-0.2, -0.15) is 0 Å². The van der Waals surface area contributed by atoms with Crippen molar-refractivity contribution in [1.82, 2.24) is 4.90 Å². The van der Waals surface area contributed by atoms with Gasteiger partial charge < -0.3 is 23.8 Å². The summed E-state index contributed by atoms with van der Waals surface area (Å²) in [6.45, 7) is 0.278. The van der Waals surface area contributed by atoms with Gasteiger partial charge in [0.25, 0.3) is 5.91 Å². The minimum absolute atomic E-state index is 0.0700. The van der Waals surface area contributed by atoms with Crippen LogP contribution in [0.15, 0.2) is 48.5 Å². The van der Waals surface area contributed by atoms with Crippen molar-refractivity contribution >= 4 is 16.7 Å². The van der Waals surface area contributed by atoms with E-state index in [0.29, 0.717) is 28.6 Å². The van der Waals surface area contributed by atoms with Gasteiger partial charge in [-0.25, -0.2) is 0 Å². The first-order chi connectivity index (χ1) is 14.0. The van der Waals surface area contributed by atoms with Gasteiger partial charge >= 0.3 is 0 Å². The second kappa shape index (κ2) is 8.73. The third-order valence-corrected chi connectivity index (χ3v) is 4.62. The Hall–Kier alpha value is -3.41. The van der Waals surface area contributed by atoms with Crippen molar-refractivity contribution < 1.29 is 23.7 Å². The summed E-state index contributed by atoms with van der Waals surface area (Å²) in [6, 6.07) is 15.1. The van der Waals surface area contributed by atoms with Crippen molar-refractivity contribution in [2.24, 2.45) is 0 Å². The molecule has 3 aromatic carbocycles. The third kappa shape index (κ3) is 4.06. The summed E-state index contributed by atoms with van der Waals surface area (Å²) in [5.41, 5.74) is 1.46. The standard InChI is InChI=1S/C23H25NO5/c1-24(2)23(25)17-10-6-8-16-9-7-11-18(21(16)17)29-14-15-12-19(26-3)22(28-5)20(13-15)27-4/h6-13H,14H2,1-5H3. The van der Waals surface area contributed by atoms with Gasteiger partial charge in [0.05, 0.1) is 26.9 Å². The molecule has 0 fully saturated rings. The zero-order chi connectivity index (χ0) is 21.0. The number of hydrogen-bond acceptors (Lipinski definition) is 5. The Kier molecular flexibility index (Phi) is 6.12. The molecule has 0 aliphatic heterocycles. The SMILES string of the molecule is COc1cc(COc2cccc3cccc(C(=O)N(C)C)c23)cc(OC)c1OC. The maximum Gasteiger partial charge on any atom is 0.254 e. The van der Waals surface area contributed by atoms with Gasteiger partial charge in [-0.3, -0.25) is 4.79 Å². The minimum atomic E-state index is -0.0700. The van der Waals surface area contributed by atoms with Crippen molar-refractivity contribution in [1.29, 1.82) is 0 Å². The van der Waals surface area contributed by atoms with Gasteiger partial charge in [-0.05, 0) is 35.2 Å². The highest BCUT2D eigenvalue weighted by molar-refractivity contribution is 6.09. The van der Waals surface area contributed by atoms with Crippen molar-refractivity contribution in [3.05, 3.63) is 59.7 Å². The number of carbonyl (C=O) groups excluding carboxylic acids is 1. The molecule has 0 atom stereocenters. The lowest BCUT2D eigenvalue weighted by molar-refractivity contribution is 0.0829.